The van der Waals surface area contributed by atoms with Gasteiger partial charge in [-0.3, -0.25) is 19.4 Å². The fraction of sp³-hybridized carbons (Fsp3) is 0.326. The van der Waals surface area contributed by atoms with Gasteiger partial charge in [0.2, 0.25) is 0 Å². The van der Waals surface area contributed by atoms with E-state index < -0.39 is 0 Å². The zero-order valence-corrected chi connectivity index (χ0v) is 58.2. The molecular formula is C92H110N2O6. The number of allylic oxidation sites excluding steroid dienone is 3. The lowest BCUT2D eigenvalue weighted by Gasteiger charge is -2.42. The van der Waals surface area contributed by atoms with Crippen LogP contribution in [0.5, 0.6) is 5.75 Å². The smallest absolute Gasteiger partial charge is 0.305 e. The molecule has 3 aliphatic rings. The number of carbonyl (C=O) groups is 2. The lowest BCUT2D eigenvalue weighted by molar-refractivity contribution is -0.141. The molecule has 8 nitrogen and oxygen atoms in total. The number of carbonyl (C=O) groups excluding carboxylic acids is 2. The van der Waals surface area contributed by atoms with Crippen molar-refractivity contribution in [2.45, 2.75) is 151 Å². The van der Waals surface area contributed by atoms with E-state index in [2.05, 4.69) is 245 Å². The summed E-state index contributed by atoms with van der Waals surface area (Å²) < 4.78 is 9.91. The van der Waals surface area contributed by atoms with E-state index in [1.54, 1.807) is 12.1 Å². The molecule has 0 unspecified atom stereocenters. The van der Waals surface area contributed by atoms with Crippen LogP contribution in [0.25, 0.3) is 33.4 Å². The van der Waals surface area contributed by atoms with Gasteiger partial charge in [-0.15, -0.1) is 0 Å². The van der Waals surface area contributed by atoms with Gasteiger partial charge in [-0.25, -0.2) is 0 Å². The van der Waals surface area contributed by atoms with Crippen LogP contribution >= 0.6 is 0 Å². The summed E-state index contributed by atoms with van der Waals surface area (Å²) in [4.78, 5) is 29.1. The summed E-state index contributed by atoms with van der Waals surface area (Å²) in [6.07, 6.45) is 7.38. The van der Waals surface area contributed by atoms with Gasteiger partial charge in [-0.1, -0.05) is 264 Å². The van der Waals surface area contributed by atoms with Crippen LogP contribution < -0.4 is 0 Å². The Morgan fingerprint density at radius 2 is 0.660 bits per heavy atom. The number of phenols is 1. The molecule has 2 aliphatic heterocycles. The van der Waals surface area contributed by atoms with E-state index in [4.69, 9.17) is 9.47 Å². The Bertz CT molecular complexity index is 4050. The van der Waals surface area contributed by atoms with Crippen LogP contribution in [0.2, 0.25) is 0 Å². The van der Waals surface area contributed by atoms with E-state index >= 15 is 0 Å². The number of esters is 2. The molecule has 1 aliphatic carbocycles. The number of benzene rings is 9. The van der Waals surface area contributed by atoms with Gasteiger partial charge in [0.25, 0.3) is 0 Å². The average Bonchev–Trinajstić information content (AvgIpc) is 0.803. The number of hydrogen-bond acceptors (Lipinski definition) is 8. The van der Waals surface area contributed by atoms with E-state index in [1.807, 2.05) is 30.3 Å². The molecule has 0 aromatic heterocycles. The highest BCUT2D eigenvalue weighted by atomic mass is 16.5. The first-order chi connectivity index (χ1) is 47.2. The van der Waals surface area contributed by atoms with Crippen LogP contribution in [0.1, 0.15) is 203 Å². The number of likely N-dealkylation sites (tertiary alicyclic amines) is 2. The van der Waals surface area contributed by atoms with Crippen molar-refractivity contribution in [2.24, 2.45) is 0 Å². The minimum atomic E-state index is -0.188. The van der Waals surface area contributed by atoms with E-state index in [0.29, 0.717) is 61.9 Å². The van der Waals surface area contributed by atoms with Crippen LogP contribution in [-0.4, -0.2) is 91.0 Å². The Hall–Kier alpha value is -9.18. The van der Waals surface area contributed by atoms with Crippen LogP contribution in [0, 0.1) is 13.8 Å². The number of rotatable bonds is 23. The molecule has 524 valence electrons. The highest BCUT2D eigenvalue weighted by molar-refractivity contribution is 6.01. The third-order valence-corrected chi connectivity index (χ3v) is 19.7. The number of ether oxygens (including phenoxy) is 2. The second kappa shape index (κ2) is 38.4. The lowest BCUT2D eigenvalue weighted by atomic mass is 9.79. The third-order valence-electron chi connectivity index (χ3n) is 19.7. The fourth-order valence-corrected chi connectivity index (χ4v) is 13.5. The van der Waals surface area contributed by atoms with Gasteiger partial charge >= 0.3 is 11.9 Å². The SMILES string of the molecule is C.C.C.CC(C)N1CC(c2ccc(/C(=C(/CCCO)c3ccccc3)c3ccc(O)cc3)cc2)C1.COC(=O)CC/C(=C(\c1ccc(C)cc1)c1ccc(C2CCC2)cc1)c1ccccc1.COC(=O)CC/C(=C(\c1ccc(C)cc1)c1ccc(C2CN(C(C)C)C2)cc1)c1ccccc1. The predicted octanol–water partition coefficient (Wildman–Crippen LogP) is 21.7. The van der Waals surface area contributed by atoms with Crippen molar-refractivity contribution in [3.05, 3.63) is 314 Å². The molecule has 2 heterocycles. The van der Waals surface area contributed by atoms with E-state index in [9.17, 15) is 19.8 Å². The van der Waals surface area contributed by atoms with Gasteiger partial charge < -0.3 is 19.7 Å². The Labute approximate surface area is 599 Å². The van der Waals surface area contributed by atoms with Crippen LogP contribution in [-0.2, 0) is 19.1 Å². The second-order valence-electron chi connectivity index (χ2n) is 26.9. The molecule has 3 fully saturated rings. The number of aromatic hydroxyl groups is 1. The van der Waals surface area contributed by atoms with Gasteiger partial charge in [0, 0.05) is 69.5 Å². The monoisotopic (exact) mass is 1340 g/mol. The van der Waals surface area contributed by atoms with Crippen molar-refractivity contribution in [1.82, 2.24) is 9.80 Å². The fourth-order valence-electron chi connectivity index (χ4n) is 13.5. The summed E-state index contributed by atoms with van der Waals surface area (Å²) in [5, 5.41) is 19.4. The standard InChI is InChI=1S/C31H35NO2.C29H33NO2.C29H30O2.3CH4/c1-22(2)32-20-28(21-32)24-14-16-27(17-15-24)31(26-12-10-23(3)11-13-26)29(18-19-30(33)34-4)25-8-6-5-7-9-25;1-21(2)30-19-26(20-30)22-10-12-24(13-11-22)29(25-14-16-27(32)17-15-25)28(9-6-18-31)23-7-4-3-5-8-23;1-21-11-13-25(14-12-21)29(26-17-15-23(16-18-26)22-9-6-10-22)27(19-20-28(30)31-2)24-7-4-3-5-8-24;;;/h5-17,22,28H,18-21H2,1-4H3;3-5,7-8,10-17,21,26,31-32H,6,9,18-20H2,1-2H3;3-5,7-8,11-18,22H,6,9-10,19-20H2,1-2H3;3*1H4/b31-29-;29-28+;29-27-;;;. The molecule has 2 N–H and O–H groups in total. The zero-order chi connectivity index (χ0) is 68.2. The molecular weight excluding hydrogens is 1230 g/mol. The molecule has 9 aromatic rings. The van der Waals surface area contributed by atoms with Crippen molar-refractivity contribution in [1.29, 1.82) is 0 Å². The van der Waals surface area contributed by atoms with Crippen molar-refractivity contribution < 1.29 is 29.3 Å². The first-order valence-electron chi connectivity index (χ1n) is 35.0. The van der Waals surface area contributed by atoms with E-state index in [0.717, 1.165) is 71.6 Å². The normalized spacial score (nSPS) is 14.6. The molecule has 8 heteroatoms. The molecule has 0 radical (unpaired) electrons. The van der Waals surface area contributed by atoms with Crippen molar-refractivity contribution in [3.63, 3.8) is 0 Å². The first kappa shape index (κ1) is 78.2. The number of aliphatic hydroxyl groups excluding tert-OH is 1. The maximum atomic E-state index is 12.1. The highest BCUT2D eigenvalue weighted by Crippen LogP contribution is 2.42. The van der Waals surface area contributed by atoms with Gasteiger partial charge in [0.1, 0.15) is 5.75 Å². The number of methoxy groups -OCH3 is 2. The maximum absolute atomic E-state index is 12.1. The molecule has 0 bridgehead atoms. The molecule has 0 amide bonds. The Morgan fingerprint density at radius 3 is 0.930 bits per heavy atom. The van der Waals surface area contributed by atoms with Crippen LogP contribution in [0.3, 0.4) is 0 Å². The van der Waals surface area contributed by atoms with Crippen molar-refractivity contribution in [3.8, 4) is 5.75 Å². The topological polar surface area (TPSA) is 99.5 Å². The average molecular weight is 1340 g/mol. The largest absolute Gasteiger partial charge is 0.508 e. The molecule has 1 saturated carbocycles. The number of phenolic OH excluding ortho intramolecular Hbond substituents is 1. The molecule has 0 spiro atoms. The predicted molar refractivity (Wildman–Crippen MR) is 421 cm³/mol. The molecule has 12 rings (SSSR count). The van der Waals surface area contributed by atoms with E-state index in [-0.39, 0.29) is 46.6 Å². The quantitative estimate of drug-likeness (QED) is 0.0483. The summed E-state index contributed by atoms with van der Waals surface area (Å²) in [6.45, 7) is 17.9. The van der Waals surface area contributed by atoms with Crippen LogP contribution in [0.15, 0.2) is 237 Å². The summed E-state index contributed by atoms with van der Waals surface area (Å²) in [6, 6.07) is 84.4. The summed E-state index contributed by atoms with van der Waals surface area (Å²) >= 11 is 0. The molecule has 100 heavy (non-hydrogen) atoms. The maximum Gasteiger partial charge on any atom is 0.305 e. The van der Waals surface area contributed by atoms with E-state index in [1.165, 1.54) is 106 Å². The summed E-state index contributed by atoms with van der Waals surface area (Å²) in [5.41, 5.74) is 24.2. The minimum Gasteiger partial charge on any atom is -0.508 e. The Balaban J connectivity index is 0.000000208. The third kappa shape index (κ3) is 20.5. The van der Waals surface area contributed by atoms with Crippen molar-refractivity contribution >= 4 is 45.4 Å². The Morgan fingerprint density at radius 1 is 0.380 bits per heavy atom. The number of hydrogen-bond donors (Lipinski definition) is 2. The van der Waals surface area contributed by atoms with Gasteiger partial charge in [-0.05, 0) is 198 Å². The first-order valence-corrected chi connectivity index (χ1v) is 35.0. The van der Waals surface area contributed by atoms with Gasteiger partial charge in [0.05, 0.1) is 14.2 Å². The highest BCUT2D eigenvalue weighted by Gasteiger charge is 2.31. The van der Waals surface area contributed by atoms with Crippen LogP contribution in [0.4, 0.5) is 0 Å². The van der Waals surface area contributed by atoms with Crippen molar-refractivity contribution in [2.75, 3.05) is 47.0 Å². The minimum absolute atomic E-state index is 0. The summed E-state index contributed by atoms with van der Waals surface area (Å²) in [5.74, 6) is 1.82. The number of nitrogens with zero attached hydrogens (tertiary/aromatic N) is 2. The number of aliphatic hydroxyl groups is 1. The molecule has 2 saturated heterocycles. The lowest BCUT2D eigenvalue weighted by Crippen LogP contribution is -2.48. The number of aryl methyl sites for hydroxylation is 2. The Kier molecular flexibility index (Phi) is 30.0. The second-order valence-corrected chi connectivity index (χ2v) is 26.9. The zero-order valence-electron chi connectivity index (χ0n) is 58.2. The van der Waals surface area contributed by atoms with Gasteiger partial charge in [0.15, 0.2) is 0 Å². The summed E-state index contributed by atoms with van der Waals surface area (Å²) in [7, 11) is 2.91. The molecule has 0 atom stereocenters. The molecule has 9 aromatic carbocycles. The van der Waals surface area contributed by atoms with Gasteiger partial charge in [-0.2, -0.15) is 0 Å².